The molecule has 4 heteroatoms. The number of nitrogens with one attached hydrogen (secondary N) is 1. The van der Waals surface area contributed by atoms with E-state index in [1.165, 1.54) is 6.07 Å². The minimum absolute atomic E-state index is 0.0975. The Morgan fingerprint density at radius 1 is 1.43 bits per heavy atom. The van der Waals surface area contributed by atoms with Gasteiger partial charge in [0.1, 0.15) is 5.75 Å². The van der Waals surface area contributed by atoms with Crippen LogP contribution in [0.25, 0.3) is 0 Å². The van der Waals surface area contributed by atoms with Gasteiger partial charge in [0.05, 0.1) is 0 Å². The van der Waals surface area contributed by atoms with Gasteiger partial charge in [-0.3, -0.25) is 4.79 Å². The van der Waals surface area contributed by atoms with Gasteiger partial charge >= 0.3 is 0 Å². The molecular weight excluding hydrogens is 246 g/mol. The van der Waals surface area contributed by atoms with E-state index in [9.17, 15) is 9.90 Å². The van der Waals surface area contributed by atoms with Crippen LogP contribution in [0.5, 0.6) is 5.75 Å². The van der Waals surface area contributed by atoms with Crippen LogP contribution >= 0.6 is 15.9 Å². The Morgan fingerprint density at radius 3 is 2.71 bits per heavy atom. The molecule has 2 N–H and O–H groups in total. The maximum atomic E-state index is 11.6. The zero-order valence-corrected chi connectivity index (χ0v) is 9.04. The molecule has 1 aliphatic carbocycles. The Bertz CT molecular complexity index is 354. The fraction of sp³-hybridized carbons (Fsp3) is 0.300. The quantitative estimate of drug-likeness (QED) is 0.850. The van der Waals surface area contributed by atoms with E-state index < -0.39 is 0 Å². The summed E-state index contributed by atoms with van der Waals surface area (Å²) < 4.78 is 0.707. The second-order valence-corrected chi connectivity index (χ2v) is 4.36. The second-order valence-electron chi connectivity index (χ2n) is 3.45. The van der Waals surface area contributed by atoms with Gasteiger partial charge in [0.25, 0.3) is 5.91 Å². The summed E-state index contributed by atoms with van der Waals surface area (Å²) in [5.41, 5.74) is 0.490. The lowest BCUT2D eigenvalue weighted by Crippen LogP contribution is -2.25. The normalized spacial score (nSPS) is 15.2. The monoisotopic (exact) mass is 255 g/mol. The zero-order valence-electron chi connectivity index (χ0n) is 7.46. The Hall–Kier alpha value is -1.03. The molecule has 0 bridgehead atoms. The molecule has 1 aliphatic rings. The number of carbonyl (C=O) groups excluding carboxylic acids is 1. The summed E-state index contributed by atoms with van der Waals surface area (Å²) in [5.74, 6) is -0.0237. The molecule has 74 valence electrons. The lowest BCUT2D eigenvalue weighted by atomic mass is 10.2. The van der Waals surface area contributed by atoms with Crippen LogP contribution in [0.2, 0.25) is 0 Å². The molecule has 2 rings (SSSR count). The highest BCUT2D eigenvalue weighted by Crippen LogP contribution is 2.22. The fourth-order valence-corrected chi connectivity index (χ4v) is 1.68. The molecule has 0 spiro atoms. The average molecular weight is 256 g/mol. The first-order valence-electron chi connectivity index (χ1n) is 4.45. The van der Waals surface area contributed by atoms with Crippen LogP contribution in [0.1, 0.15) is 23.2 Å². The number of phenolic OH excluding ortho intramolecular Hbond substituents is 1. The van der Waals surface area contributed by atoms with Crippen LogP contribution in [0.15, 0.2) is 22.7 Å². The standard InChI is InChI=1S/C10H10BrNO2/c11-7-3-6(4-9(13)5-7)10(14)12-8-1-2-8/h3-5,8,13H,1-2H2,(H,12,14). The van der Waals surface area contributed by atoms with Gasteiger partial charge in [-0.2, -0.15) is 0 Å². The molecular formula is C10H10BrNO2. The summed E-state index contributed by atoms with van der Waals surface area (Å²) in [6.07, 6.45) is 2.12. The zero-order chi connectivity index (χ0) is 10.1. The van der Waals surface area contributed by atoms with Crippen LogP contribution in [0.4, 0.5) is 0 Å². The van der Waals surface area contributed by atoms with Crippen LogP contribution in [-0.2, 0) is 0 Å². The number of aromatic hydroxyl groups is 1. The minimum atomic E-state index is -0.121. The summed E-state index contributed by atoms with van der Waals surface area (Å²) in [7, 11) is 0. The van der Waals surface area contributed by atoms with E-state index in [1.54, 1.807) is 12.1 Å². The maximum absolute atomic E-state index is 11.6. The van der Waals surface area contributed by atoms with Crippen molar-refractivity contribution in [2.75, 3.05) is 0 Å². The van der Waals surface area contributed by atoms with E-state index in [-0.39, 0.29) is 11.7 Å². The predicted molar refractivity (Wildman–Crippen MR) is 56.3 cm³/mol. The van der Waals surface area contributed by atoms with Crippen molar-refractivity contribution in [3.63, 3.8) is 0 Å². The van der Waals surface area contributed by atoms with Gasteiger partial charge in [-0.25, -0.2) is 0 Å². The third kappa shape index (κ3) is 2.26. The lowest BCUT2D eigenvalue weighted by molar-refractivity contribution is 0.0950. The first kappa shape index (κ1) is 9.52. The van der Waals surface area contributed by atoms with E-state index in [4.69, 9.17) is 0 Å². The van der Waals surface area contributed by atoms with E-state index in [1.807, 2.05) is 0 Å². The number of hydrogen-bond acceptors (Lipinski definition) is 2. The van der Waals surface area contributed by atoms with Gasteiger partial charge in [-0.1, -0.05) is 15.9 Å². The first-order chi connectivity index (χ1) is 6.65. The molecule has 1 amide bonds. The van der Waals surface area contributed by atoms with Crippen molar-refractivity contribution in [2.45, 2.75) is 18.9 Å². The Morgan fingerprint density at radius 2 is 2.14 bits per heavy atom. The SMILES string of the molecule is O=C(NC1CC1)c1cc(O)cc(Br)c1. The smallest absolute Gasteiger partial charge is 0.251 e. The highest BCUT2D eigenvalue weighted by Gasteiger charge is 2.23. The molecule has 1 fully saturated rings. The molecule has 1 aromatic rings. The third-order valence-corrected chi connectivity index (χ3v) is 2.52. The Kier molecular flexibility index (Phi) is 2.46. The lowest BCUT2D eigenvalue weighted by Gasteiger charge is -2.04. The predicted octanol–water partition coefficient (Wildman–Crippen LogP) is 2.05. The van der Waals surface area contributed by atoms with Gasteiger partial charge in [-0.15, -0.1) is 0 Å². The number of benzene rings is 1. The van der Waals surface area contributed by atoms with Crippen molar-refractivity contribution in [3.05, 3.63) is 28.2 Å². The Balaban J connectivity index is 2.17. The number of phenols is 1. The van der Waals surface area contributed by atoms with Gasteiger partial charge in [0.2, 0.25) is 0 Å². The average Bonchev–Trinajstić information content (AvgIpc) is 2.86. The first-order valence-corrected chi connectivity index (χ1v) is 5.25. The molecule has 0 saturated heterocycles. The van der Waals surface area contributed by atoms with Gasteiger partial charge < -0.3 is 10.4 Å². The fourth-order valence-electron chi connectivity index (χ4n) is 1.20. The van der Waals surface area contributed by atoms with Gasteiger partial charge in [0.15, 0.2) is 0 Å². The largest absolute Gasteiger partial charge is 0.508 e. The van der Waals surface area contributed by atoms with E-state index >= 15 is 0 Å². The van der Waals surface area contributed by atoms with Gasteiger partial charge in [-0.05, 0) is 31.0 Å². The van der Waals surface area contributed by atoms with E-state index in [0.29, 0.717) is 16.1 Å². The molecule has 0 aromatic heterocycles. The number of amides is 1. The highest BCUT2D eigenvalue weighted by molar-refractivity contribution is 9.10. The summed E-state index contributed by atoms with van der Waals surface area (Å²) in [6.45, 7) is 0. The van der Waals surface area contributed by atoms with Gasteiger partial charge in [0, 0.05) is 16.1 Å². The van der Waals surface area contributed by atoms with E-state index in [2.05, 4.69) is 21.2 Å². The Labute approximate surface area is 90.3 Å². The van der Waals surface area contributed by atoms with Crippen molar-refractivity contribution >= 4 is 21.8 Å². The number of rotatable bonds is 2. The summed E-state index contributed by atoms with van der Waals surface area (Å²) >= 11 is 3.22. The summed E-state index contributed by atoms with van der Waals surface area (Å²) in [5, 5.41) is 12.1. The van der Waals surface area contributed by atoms with Crippen molar-refractivity contribution in [1.82, 2.24) is 5.32 Å². The highest BCUT2D eigenvalue weighted by atomic mass is 79.9. The molecule has 1 aromatic carbocycles. The number of halogens is 1. The van der Waals surface area contributed by atoms with Crippen molar-refractivity contribution in [2.24, 2.45) is 0 Å². The van der Waals surface area contributed by atoms with Crippen LogP contribution in [0.3, 0.4) is 0 Å². The van der Waals surface area contributed by atoms with Crippen LogP contribution in [0, 0.1) is 0 Å². The molecule has 0 aliphatic heterocycles. The number of carbonyl (C=O) groups is 1. The van der Waals surface area contributed by atoms with Crippen molar-refractivity contribution in [1.29, 1.82) is 0 Å². The topological polar surface area (TPSA) is 49.3 Å². The molecule has 0 atom stereocenters. The maximum Gasteiger partial charge on any atom is 0.251 e. The van der Waals surface area contributed by atoms with Crippen molar-refractivity contribution in [3.8, 4) is 5.75 Å². The van der Waals surface area contributed by atoms with Crippen LogP contribution in [-0.4, -0.2) is 17.1 Å². The molecule has 0 unspecified atom stereocenters. The number of hydrogen-bond donors (Lipinski definition) is 2. The molecule has 3 nitrogen and oxygen atoms in total. The molecule has 0 heterocycles. The van der Waals surface area contributed by atoms with E-state index in [0.717, 1.165) is 12.8 Å². The molecule has 1 saturated carbocycles. The molecule has 14 heavy (non-hydrogen) atoms. The van der Waals surface area contributed by atoms with Crippen LogP contribution < -0.4 is 5.32 Å². The molecule has 0 radical (unpaired) electrons. The van der Waals surface area contributed by atoms with Crippen molar-refractivity contribution < 1.29 is 9.90 Å². The minimum Gasteiger partial charge on any atom is -0.508 e. The second kappa shape index (κ2) is 3.61. The third-order valence-electron chi connectivity index (χ3n) is 2.06. The summed E-state index contributed by atoms with van der Waals surface area (Å²) in [4.78, 5) is 11.6. The summed E-state index contributed by atoms with van der Waals surface area (Å²) in [6, 6.07) is 5.04.